The van der Waals surface area contributed by atoms with Gasteiger partial charge in [-0.25, -0.2) is 0 Å². The number of carbonyl (C=O) groups excluding carboxylic acids is 1. The van der Waals surface area contributed by atoms with Crippen molar-refractivity contribution in [2.45, 2.75) is 58.0 Å². The summed E-state index contributed by atoms with van der Waals surface area (Å²) in [5.74, 6) is 0.384. The van der Waals surface area contributed by atoms with Crippen LogP contribution >= 0.6 is 0 Å². The van der Waals surface area contributed by atoms with Gasteiger partial charge < -0.3 is 18.9 Å². The average molecular weight is 465 g/mol. The second-order valence-corrected chi connectivity index (χ2v) is 8.86. The SMILES string of the molecule is COC(=O)CC/C=C\C[C@@H]1CO[C@H](C(C)(C)Oc2c(C)cccc2C#N)O[C@@H]1c1cccnc1. The fraction of sp³-hybridized carbons (Fsp3) is 0.444. The topological polar surface area (TPSA) is 90.7 Å². The van der Waals surface area contributed by atoms with Crippen molar-refractivity contribution in [3.8, 4) is 11.8 Å². The van der Waals surface area contributed by atoms with Crippen molar-refractivity contribution < 1.29 is 23.7 Å². The number of para-hydroxylation sites is 1. The number of hydrogen-bond donors (Lipinski definition) is 0. The van der Waals surface area contributed by atoms with Crippen molar-refractivity contribution in [1.29, 1.82) is 5.26 Å². The van der Waals surface area contributed by atoms with Gasteiger partial charge in [-0.2, -0.15) is 5.26 Å². The number of methoxy groups -OCH3 is 1. The quantitative estimate of drug-likeness (QED) is 0.379. The Labute approximate surface area is 201 Å². The van der Waals surface area contributed by atoms with E-state index in [1.807, 2.05) is 57.3 Å². The molecule has 1 aromatic carbocycles. The highest BCUT2D eigenvalue weighted by Gasteiger charge is 2.42. The minimum atomic E-state index is -0.848. The molecule has 0 N–H and O–H groups in total. The third-order valence-electron chi connectivity index (χ3n) is 5.79. The average Bonchev–Trinajstić information content (AvgIpc) is 2.85. The standard InChI is InChI=1S/C27H32N2O5/c1-19-10-8-12-20(16-28)24(19)34-27(2,3)26-32-18-22(11-6-5-7-14-23(30)31-4)25(33-26)21-13-9-15-29-17-21/h5-6,8-10,12-13,15,17,22,25-26H,7,11,14,18H2,1-4H3/b6-5-/t22-,25-,26+/m1/s1. The lowest BCUT2D eigenvalue weighted by Gasteiger charge is -2.43. The maximum Gasteiger partial charge on any atom is 0.305 e. The summed E-state index contributed by atoms with van der Waals surface area (Å²) in [6.07, 6.45) is 8.40. The van der Waals surface area contributed by atoms with Crippen molar-refractivity contribution in [2.24, 2.45) is 5.92 Å². The van der Waals surface area contributed by atoms with Crippen molar-refractivity contribution >= 4 is 5.97 Å². The van der Waals surface area contributed by atoms with Crippen LogP contribution in [0.4, 0.5) is 0 Å². The number of benzene rings is 1. The molecule has 1 saturated heterocycles. The Bertz CT molecular complexity index is 1030. The number of aromatic nitrogens is 1. The van der Waals surface area contributed by atoms with Gasteiger partial charge in [-0.1, -0.05) is 30.4 Å². The third-order valence-corrected chi connectivity index (χ3v) is 5.79. The first-order valence-corrected chi connectivity index (χ1v) is 11.4. The molecule has 0 radical (unpaired) electrons. The molecule has 34 heavy (non-hydrogen) atoms. The molecule has 7 heteroatoms. The first kappa shape index (κ1) is 25.4. The second-order valence-electron chi connectivity index (χ2n) is 8.86. The number of rotatable bonds is 9. The molecule has 180 valence electrons. The Hall–Kier alpha value is -3.21. The number of pyridine rings is 1. The Balaban J connectivity index is 1.74. The van der Waals surface area contributed by atoms with Crippen molar-refractivity contribution in [3.63, 3.8) is 0 Å². The zero-order chi connectivity index (χ0) is 24.6. The van der Waals surface area contributed by atoms with Crippen LogP contribution in [0.1, 0.15) is 55.9 Å². The van der Waals surface area contributed by atoms with Gasteiger partial charge in [0.2, 0.25) is 0 Å². The molecular formula is C27H32N2O5. The number of ether oxygens (including phenoxy) is 4. The van der Waals surface area contributed by atoms with Crippen LogP contribution in [-0.2, 0) is 19.0 Å². The van der Waals surface area contributed by atoms with Gasteiger partial charge in [0.05, 0.1) is 25.4 Å². The maximum absolute atomic E-state index is 11.3. The summed E-state index contributed by atoms with van der Waals surface area (Å²) in [6.45, 7) is 6.18. The van der Waals surface area contributed by atoms with Crippen LogP contribution in [0.3, 0.4) is 0 Å². The summed E-state index contributed by atoms with van der Waals surface area (Å²) < 4.78 is 23.6. The molecule has 1 aliphatic heterocycles. The van der Waals surface area contributed by atoms with Crippen LogP contribution in [0.15, 0.2) is 54.9 Å². The van der Waals surface area contributed by atoms with Gasteiger partial charge >= 0.3 is 5.97 Å². The zero-order valence-corrected chi connectivity index (χ0v) is 20.2. The van der Waals surface area contributed by atoms with Gasteiger partial charge in [-0.15, -0.1) is 0 Å². The van der Waals surface area contributed by atoms with Gasteiger partial charge in [-0.3, -0.25) is 9.78 Å². The van der Waals surface area contributed by atoms with E-state index in [0.717, 1.165) is 17.5 Å². The highest BCUT2D eigenvalue weighted by molar-refractivity contribution is 5.69. The fourth-order valence-electron chi connectivity index (χ4n) is 3.91. The molecule has 0 saturated carbocycles. The zero-order valence-electron chi connectivity index (χ0n) is 20.2. The highest BCUT2D eigenvalue weighted by atomic mass is 16.7. The van der Waals surface area contributed by atoms with E-state index in [4.69, 9.17) is 14.2 Å². The molecule has 0 unspecified atom stereocenters. The molecule has 0 bridgehead atoms. The number of aryl methyl sites for hydroxylation is 1. The minimum Gasteiger partial charge on any atom is -0.481 e. The van der Waals surface area contributed by atoms with E-state index in [-0.39, 0.29) is 18.0 Å². The predicted molar refractivity (Wildman–Crippen MR) is 127 cm³/mol. The van der Waals surface area contributed by atoms with Crippen LogP contribution in [0.25, 0.3) is 0 Å². The summed E-state index contributed by atoms with van der Waals surface area (Å²) in [4.78, 5) is 15.6. The van der Waals surface area contributed by atoms with Crippen LogP contribution in [0, 0.1) is 24.2 Å². The second kappa shape index (κ2) is 11.8. The van der Waals surface area contributed by atoms with Gasteiger partial charge in [0.1, 0.15) is 11.8 Å². The molecule has 3 atom stereocenters. The van der Waals surface area contributed by atoms with E-state index in [2.05, 4.69) is 21.9 Å². The van der Waals surface area contributed by atoms with Gasteiger partial charge in [0.25, 0.3) is 0 Å². The summed E-state index contributed by atoms with van der Waals surface area (Å²) in [6, 6.07) is 11.6. The molecule has 1 aliphatic rings. The maximum atomic E-state index is 11.3. The molecule has 1 fully saturated rings. The van der Waals surface area contributed by atoms with Crippen LogP contribution < -0.4 is 4.74 Å². The van der Waals surface area contributed by atoms with Gasteiger partial charge in [0, 0.05) is 24.7 Å². The van der Waals surface area contributed by atoms with Crippen molar-refractivity contribution in [2.75, 3.05) is 13.7 Å². The largest absolute Gasteiger partial charge is 0.481 e. The highest BCUT2D eigenvalue weighted by Crippen LogP contribution is 2.39. The number of nitrogens with zero attached hydrogens (tertiary/aromatic N) is 2. The van der Waals surface area contributed by atoms with Crippen LogP contribution in [-0.4, -0.2) is 36.6 Å². The minimum absolute atomic E-state index is 0.0683. The lowest BCUT2D eigenvalue weighted by atomic mass is 9.92. The number of esters is 1. The summed E-state index contributed by atoms with van der Waals surface area (Å²) in [5.41, 5.74) is 1.47. The monoisotopic (exact) mass is 464 g/mol. The van der Waals surface area contributed by atoms with Crippen LogP contribution in [0.5, 0.6) is 5.75 Å². The lowest BCUT2D eigenvalue weighted by Crippen LogP contribution is -2.50. The molecular weight excluding hydrogens is 432 g/mol. The van der Waals surface area contributed by atoms with E-state index in [1.54, 1.807) is 12.3 Å². The third kappa shape index (κ3) is 6.43. The number of carbonyl (C=O) groups is 1. The van der Waals surface area contributed by atoms with E-state index in [9.17, 15) is 10.1 Å². The summed E-state index contributed by atoms with van der Waals surface area (Å²) in [7, 11) is 1.39. The molecule has 0 spiro atoms. The molecule has 2 aromatic rings. The fourth-order valence-corrected chi connectivity index (χ4v) is 3.91. The molecule has 2 heterocycles. The number of allylic oxidation sites excluding steroid dienone is 2. The Morgan fingerprint density at radius 1 is 1.29 bits per heavy atom. The molecule has 0 aliphatic carbocycles. The summed E-state index contributed by atoms with van der Waals surface area (Å²) >= 11 is 0. The molecule has 7 nitrogen and oxygen atoms in total. The van der Waals surface area contributed by atoms with E-state index < -0.39 is 11.9 Å². The number of hydrogen-bond acceptors (Lipinski definition) is 7. The van der Waals surface area contributed by atoms with E-state index >= 15 is 0 Å². The van der Waals surface area contributed by atoms with Crippen molar-refractivity contribution in [3.05, 3.63) is 71.6 Å². The van der Waals surface area contributed by atoms with Crippen LogP contribution in [0.2, 0.25) is 0 Å². The van der Waals surface area contributed by atoms with E-state index in [0.29, 0.717) is 30.8 Å². The normalized spacial score (nSPS) is 20.6. The molecule has 3 rings (SSSR count). The number of nitriles is 1. The predicted octanol–water partition coefficient (Wildman–Crippen LogP) is 5.05. The van der Waals surface area contributed by atoms with Crippen molar-refractivity contribution in [1.82, 2.24) is 4.98 Å². The molecule has 0 amide bonds. The first-order chi connectivity index (χ1) is 16.4. The Morgan fingerprint density at radius 2 is 2.12 bits per heavy atom. The Kier molecular flexibility index (Phi) is 8.80. The Morgan fingerprint density at radius 3 is 2.82 bits per heavy atom. The smallest absolute Gasteiger partial charge is 0.305 e. The first-order valence-electron chi connectivity index (χ1n) is 11.4. The molecule has 1 aromatic heterocycles. The lowest BCUT2D eigenvalue weighted by molar-refractivity contribution is -0.288. The van der Waals surface area contributed by atoms with Gasteiger partial charge in [0.15, 0.2) is 11.9 Å². The van der Waals surface area contributed by atoms with Gasteiger partial charge in [-0.05, 0) is 56.9 Å². The van der Waals surface area contributed by atoms with E-state index in [1.165, 1.54) is 7.11 Å². The summed E-state index contributed by atoms with van der Waals surface area (Å²) in [5, 5.41) is 9.51.